The predicted molar refractivity (Wildman–Crippen MR) is 88.6 cm³/mol. The normalized spacial score (nSPS) is 13.6. The lowest BCUT2D eigenvalue weighted by molar-refractivity contribution is 0.0523. The molecule has 1 aromatic carbocycles. The fourth-order valence-electron chi connectivity index (χ4n) is 2.50. The Hall–Kier alpha value is -2.87. The molecule has 0 radical (unpaired) electrons. The summed E-state index contributed by atoms with van der Waals surface area (Å²) in [5, 5.41) is 17.2. The molecule has 7 nitrogen and oxygen atoms in total. The number of halogens is 1. The molecular weight excluding hydrogens is 325 g/mol. The Bertz CT molecular complexity index is 934. The third-order valence-corrected chi connectivity index (χ3v) is 3.88. The maximum Gasteiger partial charge on any atom is 0.291 e. The Morgan fingerprint density at radius 2 is 1.96 bits per heavy atom. The summed E-state index contributed by atoms with van der Waals surface area (Å²) in [5.74, 6) is -0.607. The van der Waals surface area contributed by atoms with E-state index in [2.05, 4.69) is 20.4 Å². The number of benzene rings is 1. The summed E-state index contributed by atoms with van der Waals surface area (Å²) in [6.07, 6.45) is 0. The number of nitrogens with zero attached hydrogens (tertiary/aromatic N) is 4. The lowest BCUT2D eigenvalue weighted by atomic mass is 9.96. The lowest BCUT2D eigenvalue weighted by Crippen LogP contribution is -2.39. The molecular formula is C17H18FN5O2. The first-order chi connectivity index (χ1) is 11.8. The van der Waals surface area contributed by atoms with E-state index < -0.39 is 17.3 Å². The van der Waals surface area contributed by atoms with Gasteiger partial charge < -0.3 is 10.4 Å². The van der Waals surface area contributed by atoms with Crippen LogP contribution in [-0.4, -0.2) is 37.1 Å². The fourth-order valence-corrected chi connectivity index (χ4v) is 2.50. The van der Waals surface area contributed by atoms with Crippen LogP contribution in [0.1, 0.15) is 34.5 Å². The molecule has 8 heteroatoms. The number of aromatic nitrogens is 4. The highest BCUT2D eigenvalue weighted by Crippen LogP contribution is 2.20. The lowest BCUT2D eigenvalue weighted by Gasteiger charge is -2.23. The highest BCUT2D eigenvalue weighted by molar-refractivity contribution is 5.90. The molecule has 25 heavy (non-hydrogen) atoms. The van der Waals surface area contributed by atoms with Crippen molar-refractivity contribution in [1.29, 1.82) is 0 Å². The van der Waals surface area contributed by atoms with Gasteiger partial charge in [-0.05, 0) is 44.5 Å². The number of hydrogen-bond acceptors (Lipinski definition) is 5. The van der Waals surface area contributed by atoms with Gasteiger partial charge >= 0.3 is 0 Å². The van der Waals surface area contributed by atoms with Crippen LogP contribution in [0.15, 0.2) is 30.3 Å². The van der Waals surface area contributed by atoms with Crippen molar-refractivity contribution in [3.05, 3.63) is 58.9 Å². The van der Waals surface area contributed by atoms with Gasteiger partial charge in [0.05, 0.1) is 6.54 Å². The zero-order valence-electron chi connectivity index (χ0n) is 14.1. The number of carbonyl (C=O) groups excluding carboxylic acids is 1. The first kappa shape index (κ1) is 17.0. The number of rotatable bonds is 4. The van der Waals surface area contributed by atoms with E-state index >= 15 is 0 Å². The van der Waals surface area contributed by atoms with Gasteiger partial charge in [0.25, 0.3) is 11.7 Å². The van der Waals surface area contributed by atoms with Crippen molar-refractivity contribution in [3.63, 3.8) is 0 Å². The second-order valence-corrected chi connectivity index (χ2v) is 6.15. The van der Waals surface area contributed by atoms with Crippen molar-refractivity contribution in [2.75, 3.05) is 6.54 Å². The molecule has 1 amide bonds. The molecule has 0 saturated carbocycles. The second-order valence-electron chi connectivity index (χ2n) is 6.15. The maximum atomic E-state index is 13.0. The molecule has 0 spiro atoms. The molecule has 0 fully saturated rings. The molecule has 0 saturated heterocycles. The predicted octanol–water partition coefficient (Wildman–Crippen LogP) is 1.52. The van der Waals surface area contributed by atoms with Crippen LogP contribution < -0.4 is 5.32 Å². The van der Waals surface area contributed by atoms with Gasteiger partial charge in [0, 0.05) is 11.4 Å². The standard InChI is InChI=1S/C17H18FN5O2/c1-10-8-11(2)23-16(20-10)21-14(22-23)15(24)19-9-17(3,25)12-4-6-13(18)7-5-12/h4-8,25H,9H2,1-3H3,(H,19,24). The van der Waals surface area contributed by atoms with E-state index in [-0.39, 0.29) is 12.4 Å². The Kier molecular flexibility index (Phi) is 4.22. The SMILES string of the molecule is Cc1cc(C)n2nc(C(=O)NCC(C)(O)c3ccc(F)cc3)nc2n1. The van der Waals surface area contributed by atoms with Gasteiger partial charge in [-0.1, -0.05) is 12.1 Å². The van der Waals surface area contributed by atoms with Crippen LogP contribution in [0.2, 0.25) is 0 Å². The molecule has 3 rings (SSSR count). The van der Waals surface area contributed by atoms with Crippen LogP contribution in [0.3, 0.4) is 0 Å². The van der Waals surface area contributed by atoms with Crippen molar-refractivity contribution in [2.45, 2.75) is 26.4 Å². The molecule has 130 valence electrons. The number of carbonyl (C=O) groups is 1. The Labute approximate surface area is 143 Å². The third-order valence-electron chi connectivity index (χ3n) is 3.88. The largest absolute Gasteiger partial charge is 0.384 e. The molecule has 1 atom stereocenters. The van der Waals surface area contributed by atoms with Crippen LogP contribution in [0.4, 0.5) is 4.39 Å². The molecule has 0 aliphatic rings. The summed E-state index contributed by atoms with van der Waals surface area (Å²) in [4.78, 5) is 20.6. The summed E-state index contributed by atoms with van der Waals surface area (Å²) in [6, 6.07) is 7.29. The van der Waals surface area contributed by atoms with E-state index in [1.807, 2.05) is 19.9 Å². The summed E-state index contributed by atoms with van der Waals surface area (Å²) in [5.41, 5.74) is 0.731. The minimum absolute atomic E-state index is 0.0314. The minimum Gasteiger partial charge on any atom is -0.384 e. The first-order valence-electron chi connectivity index (χ1n) is 7.74. The van der Waals surface area contributed by atoms with Gasteiger partial charge in [-0.25, -0.2) is 13.9 Å². The summed E-state index contributed by atoms with van der Waals surface area (Å²) in [6.45, 7) is 5.14. The van der Waals surface area contributed by atoms with Gasteiger partial charge in [0.1, 0.15) is 11.4 Å². The van der Waals surface area contributed by atoms with Crippen LogP contribution in [0.25, 0.3) is 5.78 Å². The molecule has 1 unspecified atom stereocenters. The highest BCUT2D eigenvalue weighted by Gasteiger charge is 2.25. The van der Waals surface area contributed by atoms with Crippen molar-refractivity contribution < 1.29 is 14.3 Å². The van der Waals surface area contributed by atoms with Crippen molar-refractivity contribution in [3.8, 4) is 0 Å². The molecule has 0 bridgehead atoms. The zero-order chi connectivity index (χ0) is 18.2. The van der Waals surface area contributed by atoms with Gasteiger partial charge in [-0.15, -0.1) is 5.10 Å². The quantitative estimate of drug-likeness (QED) is 0.749. The van der Waals surface area contributed by atoms with E-state index in [4.69, 9.17) is 0 Å². The molecule has 2 N–H and O–H groups in total. The molecule has 0 aliphatic carbocycles. The van der Waals surface area contributed by atoms with Crippen molar-refractivity contribution in [1.82, 2.24) is 24.9 Å². The van der Waals surface area contributed by atoms with E-state index in [9.17, 15) is 14.3 Å². The topological polar surface area (TPSA) is 92.4 Å². The van der Waals surface area contributed by atoms with Gasteiger partial charge in [-0.3, -0.25) is 4.79 Å². The van der Waals surface area contributed by atoms with Crippen LogP contribution in [0.5, 0.6) is 0 Å². The van der Waals surface area contributed by atoms with Crippen LogP contribution >= 0.6 is 0 Å². The number of hydrogen-bond donors (Lipinski definition) is 2. The number of fused-ring (bicyclic) bond motifs is 1. The van der Waals surface area contributed by atoms with E-state index in [0.29, 0.717) is 11.3 Å². The second kappa shape index (κ2) is 6.21. The fraction of sp³-hybridized carbons (Fsp3) is 0.294. The number of aryl methyl sites for hydroxylation is 2. The van der Waals surface area contributed by atoms with Crippen LogP contribution in [0, 0.1) is 19.7 Å². The average Bonchev–Trinajstić information content (AvgIpc) is 2.97. The van der Waals surface area contributed by atoms with E-state index in [1.165, 1.54) is 35.7 Å². The maximum absolute atomic E-state index is 13.0. The van der Waals surface area contributed by atoms with Gasteiger partial charge in [0.2, 0.25) is 5.82 Å². The zero-order valence-corrected chi connectivity index (χ0v) is 14.1. The summed E-state index contributed by atoms with van der Waals surface area (Å²) in [7, 11) is 0. The van der Waals surface area contributed by atoms with Crippen LogP contribution in [-0.2, 0) is 5.60 Å². The van der Waals surface area contributed by atoms with Crippen molar-refractivity contribution in [2.24, 2.45) is 0 Å². The van der Waals surface area contributed by atoms with Gasteiger partial charge in [0.15, 0.2) is 0 Å². The first-order valence-corrected chi connectivity index (χ1v) is 7.74. The molecule has 2 aromatic heterocycles. The summed E-state index contributed by atoms with van der Waals surface area (Å²) >= 11 is 0. The van der Waals surface area contributed by atoms with Gasteiger partial charge in [-0.2, -0.15) is 4.98 Å². The Morgan fingerprint density at radius 1 is 1.28 bits per heavy atom. The van der Waals surface area contributed by atoms with E-state index in [0.717, 1.165) is 11.4 Å². The molecule has 3 aromatic rings. The molecule has 0 aliphatic heterocycles. The Balaban J connectivity index is 1.76. The monoisotopic (exact) mass is 343 g/mol. The number of nitrogens with one attached hydrogen (secondary N) is 1. The van der Waals surface area contributed by atoms with Crippen molar-refractivity contribution >= 4 is 11.7 Å². The Morgan fingerprint density at radius 3 is 2.64 bits per heavy atom. The highest BCUT2D eigenvalue weighted by atomic mass is 19.1. The average molecular weight is 343 g/mol. The number of amides is 1. The smallest absolute Gasteiger partial charge is 0.291 e. The summed E-state index contributed by atoms with van der Waals surface area (Å²) < 4.78 is 14.5. The third kappa shape index (κ3) is 3.48. The minimum atomic E-state index is -1.35. The number of aliphatic hydroxyl groups is 1. The van der Waals surface area contributed by atoms with E-state index in [1.54, 1.807) is 0 Å². The molecule has 2 heterocycles.